The number of hydrogen-bond acceptors (Lipinski definition) is 4. The van der Waals surface area contributed by atoms with Crippen LogP contribution in [0.15, 0.2) is 42.5 Å². The number of nitro groups is 1. The number of nitrogens with one attached hydrogen (secondary N) is 1. The van der Waals surface area contributed by atoms with E-state index in [1.165, 1.54) is 19.2 Å². The average molecular weight is 321 g/mol. The Kier molecular flexibility index (Phi) is 4.95. The van der Waals surface area contributed by atoms with E-state index in [1.807, 2.05) is 0 Å². The molecule has 0 spiro atoms. The number of nitrogens with zero attached hydrogens (tertiary/aromatic N) is 1. The summed E-state index contributed by atoms with van der Waals surface area (Å²) < 4.78 is 4.91. The van der Waals surface area contributed by atoms with Gasteiger partial charge in [-0.1, -0.05) is 23.7 Å². The lowest BCUT2D eigenvalue weighted by atomic mass is 10.1. The van der Waals surface area contributed by atoms with Crippen LogP contribution in [-0.4, -0.2) is 17.9 Å². The molecule has 0 aromatic heterocycles. The van der Waals surface area contributed by atoms with Gasteiger partial charge in [0.05, 0.1) is 18.5 Å². The highest BCUT2D eigenvalue weighted by atomic mass is 35.5. The fourth-order valence-electron chi connectivity index (χ4n) is 1.90. The lowest BCUT2D eigenvalue weighted by Crippen LogP contribution is -2.14. The molecule has 114 valence electrons. The minimum atomic E-state index is -0.562. The summed E-state index contributed by atoms with van der Waals surface area (Å²) in [6.07, 6.45) is 0.150. The Labute approximate surface area is 131 Å². The van der Waals surface area contributed by atoms with Crippen molar-refractivity contribution in [2.45, 2.75) is 6.42 Å². The molecule has 2 aromatic rings. The molecular weight excluding hydrogens is 308 g/mol. The maximum Gasteiger partial charge on any atom is 0.312 e. The van der Waals surface area contributed by atoms with Crippen molar-refractivity contribution in [3.63, 3.8) is 0 Å². The molecular formula is C15H13ClN2O4. The zero-order valence-electron chi connectivity index (χ0n) is 11.7. The number of halogens is 1. The van der Waals surface area contributed by atoms with Crippen LogP contribution < -0.4 is 10.1 Å². The van der Waals surface area contributed by atoms with Gasteiger partial charge in [-0.25, -0.2) is 0 Å². The Bertz CT molecular complexity index is 701. The summed E-state index contributed by atoms with van der Waals surface area (Å²) in [6.45, 7) is 0. The lowest BCUT2D eigenvalue weighted by Gasteiger charge is -2.07. The van der Waals surface area contributed by atoms with Crippen molar-refractivity contribution in [3.8, 4) is 5.75 Å². The minimum Gasteiger partial charge on any atom is -0.490 e. The second kappa shape index (κ2) is 6.91. The zero-order valence-corrected chi connectivity index (χ0v) is 12.5. The molecule has 0 radical (unpaired) electrons. The number of nitro benzene ring substituents is 1. The molecule has 22 heavy (non-hydrogen) atoms. The number of rotatable bonds is 5. The van der Waals surface area contributed by atoms with E-state index in [4.69, 9.17) is 16.3 Å². The number of ether oxygens (including phenoxy) is 1. The maximum atomic E-state index is 12.0. The number of carbonyl (C=O) groups is 1. The highest BCUT2D eigenvalue weighted by Crippen LogP contribution is 2.29. The molecule has 2 aromatic carbocycles. The molecule has 2 rings (SSSR count). The van der Waals surface area contributed by atoms with E-state index in [1.54, 1.807) is 30.3 Å². The van der Waals surface area contributed by atoms with E-state index in [0.29, 0.717) is 10.7 Å². The predicted molar refractivity (Wildman–Crippen MR) is 83.4 cm³/mol. The molecule has 0 unspecified atom stereocenters. The quantitative estimate of drug-likeness (QED) is 0.676. The van der Waals surface area contributed by atoms with Crippen LogP contribution in [-0.2, 0) is 11.2 Å². The summed E-state index contributed by atoms with van der Waals surface area (Å²) in [6, 6.07) is 11.1. The standard InChI is InChI=1S/C15H13ClN2O4/c1-22-14-7-6-12(9-13(14)18(20)21)17-15(19)8-10-2-4-11(16)5-3-10/h2-7,9H,8H2,1H3,(H,17,19). The molecule has 0 saturated carbocycles. The van der Waals surface area contributed by atoms with Gasteiger partial charge in [-0.3, -0.25) is 14.9 Å². The molecule has 1 N–H and O–H groups in total. The summed E-state index contributed by atoms with van der Waals surface area (Å²) in [5.74, 6) is -0.137. The van der Waals surface area contributed by atoms with Crippen molar-refractivity contribution in [3.05, 3.63) is 63.2 Å². The number of amides is 1. The second-order valence-corrected chi connectivity index (χ2v) is 4.93. The first kappa shape index (κ1) is 15.8. The molecule has 0 atom stereocenters. The summed E-state index contributed by atoms with van der Waals surface area (Å²) in [4.78, 5) is 22.3. The summed E-state index contributed by atoms with van der Waals surface area (Å²) in [5.41, 5.74) is 0.933. The molecule has 0 aliphatic heterocycles. The molecule has 1 amide bonds. The number of benzene rings is 2. The first-order valence-corrected chi connectivity index (χ1v) is 6.74. The van der Waals surface area contributed by atoms with E-state index in [-0.39, 0.29) is 23.8 Å². The third-order valence-corrected chi connectivity index (χ3v) is 3.19. The number of hydrogen-bond donors (Lipinski definition) is 1. The smallest absolute Gasteiger partial charge is 0.312 e. The van der Waals surface area contributed by atoms with Gasteiger partial charge < -0.3 is 10.1 Å². The number of methoxy groups -OCH3 is 1. The lowest BCUT2D eigenvalue weighted by molar-refractivity contribution is -0.385. The fourth-order valence-corrected chi connectivity index (χ4v) is 2.03. The van der Waals surface area contributed by atoms with Crippen molar-refractivity contribution in [2.24, 2.45) is 0 Å². The van der Waals surface area contributed by atoms with Gasteiger partial charge in [0.2, 0.25) is 5.91 Å². The van der Waals surface area contributed by atoms with Gasteiger partial charge in [0, 0.05) is 16.8 Å². The van der Waals surface area contributed by atoms with Crippen LogP contribution in [0.3, 0.4) is 0 Å². The molecule has 6 nitrogen and oxygen atoms in total. The zero-order chi connectivity index (χ0) is 16.1. The van der Waals surface area contributed by atoms with Crippen LogP contribution >= 0.6 is 11.6 Å². The van der Waals surface area contributed by atoms with Crippen molar-refractivity contribution in [1.29, 1.82) is 0 Å². The van der Waals surface area contributed by atoms with Gasteiger partial charge in [0.15, 0.2) is 5.75 Å². The monoisotopic (exact) mass is 320 g/mol. The molecule has 7 heteroatoms. The van der Waals surface area contributed by atoms with E-state index >= 15 is 0 Å². The Hall–Kier alpha value is -2.60. The van der Waals surface area contributed by atoms with E-state index in [9.17, 15) is 14.9 Å². The first-order chi connectivity index (χ1) is 10.5. The minimum absolute atomic E-state index is 0.140. The summed E-state index contributed by atoms with van der Waals surface area (Å²) >= 11 is 5.78. The molecule has 0 saturated heterocycles. The SMILES string of the molecule is COc1ccc(NC(=O)Cc2ccc(Cl)cc2)cc1[N+](=O)[O-]. The third-order valence-electron chi connectivity index (χ3n) is 2.94. The largest absolute Gasteiger partial charge is 0.490 e. The molecule has 0 heterocycles. The highest BCUT2D eigenvalue weighted by Gasteiger charge is 2.16. The number of carbonyl (C=O) groups excluding carboxylic acids is 1. The van der Waals surface area contributed by atoms with Crippen molar-refractivity contribution < 1.29 is 14.5 Å². The van der Waals surface area contributed by atoms with Crippen molar-refractivity contribution in [1.82, 2.24) is 0 Å². The van der Waals surface area contributed by atoms with Gasteiger partial charge in [-0.05, 0) is 29.8 Å². The Morgan fingerprint density at radius 2 is 1.95 bits per heavy atom. The van der Waals surface area contributed by atoms with E-state index in [0.717, 1.165) is 5.56 Å². The van der Waals surface area contributed by atoms with Crippen LogP contribution in [0.5, 0.6) is 5.75 Å². The molecule has 0 fully saturated rings. The predicted octanol–water partition coefficient (Wildman–Crippen LogP) is 3.44. The third kappa shape index (κ3) is 3.95. The summed E-state index contributed by atoms with van der Waals surface area (Å²) in [7, 11) is 1.35. The number of anilines is 1. The Balaban J connectivity index is 2.09. The van der Waals surface area contributed by atoms with Gasteiger partial charge in [0.25, 0.3) is 0 Å². The van der Waals surface area contributed by atoms with E-state index in [2.05, 4.69) is 5.32 Å². The van der Waals surface area contributed by atoms with Crippen LogP contribution in [0.25, 0.3) is 0 Å². The fraction of sp³-hybridized carbons (Fsp3) is 0.133. The van der Waals surface area contributed by atoms with Crippen LogP contribution in [0.1, 0.15) is 5.56 Å². The molecule has 0 bridgehead atoms. The van der Waals surface area contributed by atoms with Crippen LogP contribution in [0, 0.1) is 10.1 Å². The van der Waals surface area contributed by atoms with E-state index < -0.39 is 4.92 Å². The van der Waals surface area contributed by atoms with Crippen molar-refractivity contribution in [2.75, 3.05) is 12.4 Å². The topological polar surface area (TPSA) is 81.5 Å². The average Bonchev–Trinajstić information content (AvgIpc) is 2.49. The first-order valence-electron chi connectivity index (χ1n) is 6.36. The molecule has 0 aliphatic rings. The van der Waals surface area contributed by atoms with Crippen molar-refractivity contribution >= 4 is 28.9 Å². The van der Waals surface area contributed by atoms with Crippen LogP contribution in [0.4, 0.5) is 11.4 Å². The van der Waals surface area contributed by atoms with Gasteiger partial charge in [0.1, 0.15) is 0 Å². The maximum absolute atomic E-state index is 12.0. The second-order valence-electron chi connectivity index (χ2n) is 4.50. The molecule has 0 aliphatic carbocycles. The Morgan fingerprint density at radius 1 is 1.27 bits per heavy atom. The Morgan fingerprint density at radius 3 is 2.55 bits per heavy atom. The summed E-state index contributed by atoms with van der Waals surface area (Å²) in [5, 5.41) is 14.2. The van der Waals surface area contributed by atoms with Crippen LogP contribution in [0.2, 0.25) is 5.02 Å². The van der Waals surface area contributed by atoms with Gasteiger partial charge in [-0.15, -0.1) is 0 Å². The van der Waals surface area contributed by atoms with Gasteiger partial charge in [-0.2, -0.15) is 0 Å². The highest BCUT2D eigenvalue weighted by molar-refractivity contribution is 6.30. The van der Waals surface area contributed by atoms with Gasteiger partial charge >= 0.3 is 5.69 Å². The normalized spacial score (nSPS) is 10.1.